The molecule has 6 aromatic heterocycles. The molecule has 0 saturated carbocycles. The number of nitriles is 1. The van der Waals surface area contributed by atoms with Crippen LogP contribution >= 0.6 is 22.7 Å². The van der Waals surface area contributed by atoms with E-state index in [9.17, 15) is 11.8 Å². The van der Waals surface area contributed by atoms with E-state index in [0.29, 0.717) is 28.3 Å². The van der Waals surface area contributed by atoms with Crippen molar-refractivity contribution in [3.05, 3.63) is 234 Å². The molecular weight excluding hydrogens is 1110 g/mol. The Labute approximate surface area is 517 Å². The van der Waals surface area contributed by atoms with E-state index in [2.05, 4.69) is 287 Å². The lowest BCUT2D eigenvalue weighted by atomic mass is 9.82. The molecule has 0 atom stereocenters. The molecule has 0 spiro atoms. The highest BCUT2D eigenvalue weighted by Crippen LogP contribution is 2.55. The van der Waals surface area contributed by atoms with Gasteiger partial charge in [0.2, 0.25) is 5.69 Å². The lowest BCUT2D eigenvalue weighted by Crippen LogP contribution is -2.15. The van der Waals surface area contributed by atoms with Crippen molar-refractivity contribution in [2.45, 2.75) is 78.6 Å². The summed E-state index contributed by atoms with van der Waals surface area (Å²) < 4.78 is 14.2. The third-order valence-electron chi connectivity index (χ3n) is 18.8. The van der Waals surface area contributed by atoms with E-state index in [1.807, 2.05) is 22.7 Å². The number of hydrogen-bond acceptors (Lipinski definition) is 3. The maximum Gasteiger partial charge on any atom is 0.237 e. The van der Waals surface area contributed by atoms with E-state index in [-0.39, 0.29) is 16.2 Å². The first-order chi connectivity index (χ1) is 42.5. The Morgan fingerprint density at radius 3 is 1.30 bits per heavy atom. The van der Waals surface area contributed by atoms with E-state index >= 15 is 0 Å². The smallest absolute Gasteiger partial charge is 0.237 e. The Bertz CT molecular complexity index is 5770. The number of rotatable bonds is 4. The minimum atomic E-state index is -0.239. The van der Waals surface area contributed by atoms with Crippen LogP contribution in [-0.2, 0) is 16.2 Å². The summed E-state index contributed by atoms with van der Waals surface area (Å²) in [4.78, 5) is 5.02. The second-order valence-corrected chi connectivity index (χ2v) is 29.1. The summed E-state index contributed by atoms with van der Waals surface area (Å²) in [5.41, 5.74) is 14.3. The summed E-state index contributed by atoms with van der Waals surface area (Å²) in [6, 6.07) is 76.2. The van der Waals surface area contributed by atoms with Gasteiger partial charge in [-0.15, -0.1) is 22.7 Å². The summed E-state index contributed by atoms with van der Waals surface area (Å²) in [6.45, 7) is 30.9. The number of fused-ring (bicyclic) bond motifs is 20. The summed E-state index contributed by atoms with van der Waals surface area (Å²) >= 11 is 3.62. The average Bonchev–Trinajstić information content (AvgIpc) is 1.49. The van der Waals surface area contributed by atoms with Gasteiger partial charge in [0, 0.05) is 74.0 Å². The average molecular weight is 1170 g/mol. The molecule has 0 amide bonds. The Balaban J connectivity index is 1.21. The van der Waals surface area contributed by atoms with Crippen LogP contribution < -0.4 is 0 Å². The second-order valence-electron chi connectivity index (χ2n) is 27.0. The number of benzene rings is 11. The molecule has 0 bridgehead atoms. The predicted octanol–water partition coefficient (Wildman–Crippen LogP) is 23.1. The largest absolute Gasteiger partial charge is 0.317 e. The fourth-order valence-electron chi connectivity index (χ4n) is 14.7. The monoisotopic (exact) mass is 1170 g/mol. The maximum atomic E-state index is 13.1. The Morgan fingerprint density at radius 2 is 0.784 bits per heavy atom. The molecule has 6 nitrogen and oxygen atoms in total. The highest BCUT2D eigenvalue weighted by Gasteiger charge is 2.37. The third kappa shape index (κ3) is 7.13. The molecule has 0 radical (unpaired) electrons. The normalized spacial score (nSPS) is 12.8. The van der Waals surface area contributed by atoms with E-state index < -0.39 is 0 Å². The Hall–Kier alpha value is -9.96. The van der Waals surface area contributed by atoms with Crippen molar-refractivity contribution in [2.75, 3.05) is 0 Å². The molecule has 17 rings (SSSR count). The lowest BCUT2D eigenvalue weighted by Gasteiger charge is -2.28. The quantitative estimate of drug-likeness (QED) is 0.162. The van der Waals surface area contributed by atoms with Gasteiger partial charge in [-0.3, -0.25) is 0 Å². The van der Waals surface area contributed by atoms with Crippen molar-refractivity contribution < 1.29 is 0 Å². The van der Waals surface area contributed by atoms with Crippen molar-refractivity contribution in [3.63, 3.8) is 0 Å². The van der Waals surface area contributed by atoms with Crippen LogP contribution in [0, 0.1) is 17.9 Å². The van der Waals surface area contributed by atoms with Crippen molar-refractivity contribution in [3.8, 4) is 28.8 Å². The molecule has 0 aliphatic rings. The van der Waals surface area contributed by atoms with E-state index in [1.54, 1.807) is 0 Å². The topological polar surface area (TPSA) is 47.9 Å². The van der Waals surface area contributed by atoms with Crippen LogP contribution in [0.5, 0.6) is 0 Å². The van der Waals surface area contributed by atoms with Gasteiger partial charge < -0.3 is 18.3 Å². The summed E-state index contributed by atoms with van der Waals surface area (Å²) in [7, 11) is 0. The molecule has 0 fully saturated rings. The van der Waals surface area contributed by atoms with Gasteiger partial charge in [-0.05, 0) is 99.7 Å². The third-order valence-corrected chi connectivity index (χ3v) is 21.2. The van der Waals surface area contributed by atoms with Crippen molar-refractivity contribution in [2.24, 2.45) is 0 Å². The molecule has 0 unspecified atom stereocenters. The predicted molar refractivity (Wildman–Crippen MR) is 377 cm³/mol. The molecule has 0 saturated heterocycles. The van der Waals surface area contributed by atoms with E-state index in [4.69, 9.17) is 4.85 Å². The second kappa shape index (κ2) is 18.3. The first kappa shape index (κ1) is 52.4. The van der Waals surface area contributed by atoms with Gasteiger partial charge in [-0.1, -0.05) is 196 Å². The molecule has 0 aliphatic heterocycles. The zero-order valence-corrected chi connectivity index (χ0v) is 52.2. The zero-order chi connectivity index (χ0) is 60.0. The zero-order valence-electron chi connectivity index (χ0n) is 50.6. The SMILES string of the molecule is [C-]#[N+]c1c(-n2c3ccccc3c3ccccc32)c(-n2c3ccc(C(C)(C)C)cc3c3ccc4c5ccccc5sc4c32)c(-n2c3ccccc3c3ccccc32)c(C#N)c1-n1c2ccc(C(C)(C)C)cc2c2cc(C(C)(C)C)c3c4ccccc4sc3c21. The highest BCUT2D eigenvalue weighted by atomic mass is 32.1. The highest BCUT2D eigenvalue weighted by molar-refractivity contribution is 7.27. The molecule has 17 aromatic rings. The van der Waals surface area contributed by atoms with Crippen molar-refractivity contribution in [1.29, 1.82) is 5.26 Å². The molecule has 88 heavy (non-hydrogen) atoms. The van der Waals surface area contributed by atoms with Gasteiger partial charge in [0.15, 0.2) is 0 Å². The Morgan fingerprint density at radius 1 is 0.364 bits per heavy atom. The van der Waals surface area contributed by atoms with Crippen molar-refractivity contribution >= 4 is 156 Å². The number of nitrogens with zero attached hydrogens (tertiary/aromatic N) is 6. The van der Waals surface area contributed by atoms with Crippen LogP contribution in [0.2, 0.25) is 0 Å². The Kier molecular flexibility index (Phi) is 10.9. The number of aromatic nitrogens is 4. The van der Waals surface area contributed by atoms with E-state index in [0.717, 1.165) is 108 Å². The van der Waals surface area contributed by atoms with Crippen LogP contribution in [0.1, 0.15) is 84.6 Å². The fourth-order valence-corrected chi connectivity index (χ4v) is 17.2. The minimum Gasteiger partial charge on any atom is -0.317 e. The number of thiophene rings is 2. The first-order valence-electron chi connectivity index (χ1n) is 30.3. The minimum absolute atomic E-state index is 0.164. The van der Waals surface area contributed by atoms with Gasteiger partial charge in [-0.25, -0.2) is 4.85 Å². The van der Waals surface area contributed by atoms with E-state index in [1.165, 1.54) is 42.2 Å². The summed E-state index contributed by atoms with van der Waals surface area (Å²) in [5.74, 6) is 0. The van der Waals surface area contributed by atoms with Gasteiger partial charge in [0.05, 0.1) is 88.4 Å². The van der Waals surface area contributed by atoms with Crippen LogP contribution in [0.3, 0.4) is 0 Å². The molecule has 6 heterocycles. The van der Waals surface area contributed by atoms with Gasteiger partial charge in [0.1, 0.15) is 6.07 Å². The summed E-state index contributed by atoms with van der Waals surface area (Å²) in [5, 5.41) is 26.6. The first-order valence-corrected chi connectivity index (χ1v) is 32.0. The fraction of sp³-hybridized carbons (Fsp3) is 0.150. The lowest BCUT2D eigenvalue weighted by molar-refractivity contribution is 0.591. The summed E-state index contributed by atoms with van der Waals surface area (Å²) in [6.07, 6.45) is 0. The number of para-hydroxylation sites is 4. The molecule has 11 aromatic carbocycles. The standard InChI is InChI=1S/C80H60N6S2/c1-78(2,3)45-35-39-64-55(41-45)52-37-38-53-51-27-15-21-33-66(51)87-76(53)72(52)86(64)75-71(83-60-29-17-11-23-47(60)48-24-12-18-30-61(48)83)58(44-81)70(69(82-10)74(75)84-62-31-19-13-25-49(62)50-26-14-20-32-63(50)84)85-65-40-36-46(79(4,5)6)42-56(65)57-43-59(80(7,8)9)68-54-28-16-22-34-67(54)88-77(68)73(57)85/h11-43H,1-9H3. The van der Waals surface area contributed by atoms with Crippen molar-refractivity contribution in [1.82, 2.24) is 18.3 Å². The molecule has 0 aliphatic carbocycles. The van der Waals surface area contributed by atoms with Crippen LogP contribution in [0.4, 0.5) is 5.69 Å². The maximum absolute atomic E-state index is 13.1. The van der Waals surface area contributed by atoms with Gasteiger partial charge >= 0.3 is 0 Å². The van der Waals surface area contributed by atoms with Crippen LogP contribution in [-0.4, -0.2) is 18.3 Å². The van der Waals surface area contributed by atoms with Gasteiger partial charge in [0.25, 0.3) is 0 Å². The van der Waals surface area contributed by atoms with Crippen LogP contribution in [0.25, 0.3) is 155 Å². The molecule has 8 heteroatoms. The van der Waals surface area contributed by atoms with Gasteiger partial charge in [-0.2, -0.15) is 5.26 Å². The molecular formula is C80H60N6S2. The van der Waals surface area contributed by atoms with Crippen LogP contribution in [0.15, 0.2) is 200 Å². The molecule has 422 valence electrons. The number of hydrogen-bond donors (Lipinski definition) is 0. The molecule has 0 N–H and O–H groups in total.